The van der Waals surface area contributed by atoms with E-state index in [4.69, 9.17) is 23.2 Å². The van der Waals surface area contributed by atoms with E-state index >= 15 is 0 Å². The van der Waals surface area contributed by atoms with Gasteiger partial charge in [-0.05, 0) is 80.8 Å². The fraction of sp³-hybridized carbons (Fsp3) is 0.333. The molecule has 0 radical (unpaired) electrons. The summed E-state index contributed by atoms with van der Waals surface area (Å²) in [6.45, 7) is 6.96. The molecule has 1 N–H and O–H groups in total. The third kappa shape index (κ3) is 8.47. The topological polar surface area (TPSA) is 86.8 Å². The van der Waals surface area contributed by atoms with Gasteiger partial charge in [-0.1, -0.05) is 76.7 Å². The summed E-state index contributed by atoms with van der Waals surface area (Å²) in [5, 5.41) is 3.73. The fourth-order valence-corrected chi connectivity index (χ4v) is 6.31. The Balaban J connectivity index is 2.08. The van der Waals surface area contributed by atoms with Gasteiger partial charge in [-0.3, -0.25) is 13.9 Å². The number of aryl methyl sites for hydroxylation is 1. The largest absolute Gasteiger partial charge is 0.352 e. The van der Waals surface area contributed by atoms with Gasteiger partial charge in [0.15, 0.2) is 0 Å². The summed E-state index contributed by atoms with van der Waals surface area (Å²) in [6.07, 6.45) is 1.02. The number of anilines is 1. The van der Waals surface area contributed by atoms with Crippen molar-refractivity contribution in [3.05, 3.63) is 92.4 Å². The molecule has 0 spiro atoms. The summed E-state index contributed by atoms with van der Waals surface area (Å²) < 4.78 is 29.7. The number of carbonyl (C=O) groups is 2. The Bertz CT molecular complexity index is 1470. The highest BCUT2D eigenvalue weighted by atomic mass is 79.9. The average Bonchev–Trinajstić information content (AvgIpc) is 2.93. The summed E-state index contributed by atoms with van der Waals surface area (Å²) in [6, 6.07) is 17.0. The molecule has 0 aliphatic carbocycles. The minimum atomic E-state index is -4.15. The quantitative estimate of drug-likeness (QED) is 0.223. The van der Waals surface area contributed by atoms with Crippen LogP contribution in [0.2, 0.25) is 10.0 Å². The highest BCUT2D eigenvalue weighted by Gasteiger charge is 2.34. The van der Waals surface area contributed by atoms with Crippen LogP contribution in [-0.4, -0.2) is 43.8 Å². The van der Waals surface area contributed by atoms with E-state index in [-0.39, 0.29) is 23.4 Å². The van der Waals surface area contributed by atoms with Gasteiger partial charge in [0.05, 0.1) is 10.6 Å². The molecule has 3 aromatic carbocycles. The molecule has 11 heteroatoms. The van der Waals surface area contributed by atoms with E-state index in [1.165, 1.54) is 17.0 Å². The zero-order chi connectivity index (χ0) is 30.3. The Kier molecular flexibility index (Phi) is 11.7. The summed E-state index contributed by atoms with van der Waals surface area (Å²) in [7, 11) is -4.15. The lowest BCUT2D eigenvalue weighted by atomic mass is 10.1. The zero-order valence-corrected chi connectivity index (χ0v) is 27.3. The van der Waals surface area contributed by atoms with E-state index < -0.39 is 28.5 Å². The lowest BCUT2D eigenvalue weighted by Gasteiger charge is -2.34. The van der Waals surface area contributed by atoms with Crippen molar-refractivity contribution in [2.45, 2.75) is 64.1 Å². The van der Waals surface area contributed by atoms with Gasteiger partial charge in [0.25, 0.3) is 10.0 Å². The molecule has 0 unspecified atom stereocenters. The van der Waals surface area contributed by atoms with E-state index in [0.717, 1.165) is 14.3 Å². The second-order valence-electron chi connectivity index (χ2n) is 9.80. The number of hydrogen-bond acceptors (Lipinski definition) is 4. The van der Waals surface area contributed by atoms with Crippen molar-refractivity contribution < 1.29 is 18.0 Å². The Morgan fingerprint density at radius 2 is 1.59 bits per heavy atom. The lowest BCUT2D eigenvalue weighted by molar-refractivity contribution is -0.140. The first-order valence-corrected chi connectivity index (χ1v) is 16.2. The highest BCUT2D eigenvalue weighted by Crippen LogP contribution is 2.28. The van der Waals surface area contributed by atoms with Gasteiger partial charge in [0.2, 0.25) is 11.8 Å². The summed E-state index contributed by atoms with van der Waals surface area (Å²) >= 11 is 15.9. The standard InChI is InChI=1S/C30H34BrCl2N3O4S/c1-5-21(4)34-30(38)28(6-2)35(18-22-9-12-24(32)17-27(22)33)29(37)19-36(25-13-10-23(31)11-14-25)41(39,40)26-15-7-20(3)8-16-26/h7-17,21,28H,5-6,18-19H2,1-4H3,(H,34,38)/t21-,28-/m0/s1. The molecule has 0 bridgehead atoms. The molecule has 0 aliphatic heterocycles. The molecular weight excluding hydrogens is 649 g/mol. The van der Waals surface area contributed by atoms with Gasteiger partial charge in [0, 0.05) is 27.1 Å². The van der Waals surface area contributed by atoms with Crippen LogP contribution in [0.4, 0.5) is 5.69 Å². The molecule has 3 rings (SSSR count). The summed E-state index contributed by atoms with van der Waals surface area (Å²) in [5.74, 6) is -0.877. The third-order valence-electron chi connectivity index (χ3n) is 6.75. The number of hydrogen-bond donors (Lipinski definition) is 1. The molecule has 0 saturated carbocycles. The van der Waals surface area contributed by atoms with Crippen LogP contribution in [0.25, 0.3) is 0 Å². The first-order chi connectivity index (χ1) is 19.4. The Hall–Kier alpha value is -2.59. The molecule has 7 nitrogen and oxygen atoms in total. The van der Waals surface area contributed by atoms with Gasteiger partial charge in [-0.15, -0.1) is 0 Å². The number of amides is 2. The number of nitrogens with one attached hydrogen (secondary N) is 1. The number of nitrogens with zero attached hydrogens (tertiary/aromatic N) is 2. The van der Waals surface area contributed by atoms with Crippen LogP contribution in [0.5, 0.6) is 0 Å². The normalized spacial score (nSPS) is 12.9. The molecule has 2 amide bonds. The van der Waals surface area contributed by atoms with Crippen LogP contribution >= 0.6 is 39.1 Å². The van der Waals surface area contributed by atoms with Crippen molar-refractivity contribution in [2.24, 2.45) is 0 Å². The number of carbonyl (C=O) groups excluding carboxylic acids is 2. The van der Waals surface area contributed by atoms with Crippen LogP contribution in [0.15, 0.2) is 76.1 Å². The minimum absolute atomic E-state index is 0.0139. The van der Waals surface area contributed by atoms with Crippen LogP contribution in [0.3, 0.4) is 0 Å². The second kappa shape index (κ2) is 14.5. The molecule has 0 heterocycles. The van der Waals surface area contributed by atoms with Gasteiger partial charge in [-0.25, -0.2) is 8.42 Å². The van der Waals surface area contributed by atoms with Crippen molar-refractivity contribution in [3.8, 4) is 0 Å². The molecule has 3 aromatic rings. The second-order valence-corrected chi connectivity index (χ2v) is 13.4. The van der Waals surface area contributed by atoms with Crippen LogP contribution in [-0.2, 0) is 26.2 Å². The van der Waals surface area contributed by atoms with Crippen LogP contribution < -0.4 is 9.62 Å². The van der Waals surface area contributed by atoms with Gasteiger partial charge in [0.1, 0.15) is 12.6 Å². The van der Waals surface area contributed by atoms with Crippen molar-refractivity contribution in [3.63, 3.8) is 0 Å². The molecule has 0 aromatic heterocycles. The molecule has 0 aliphatic rings. The molecular formula is C30H34BrCl2N3O4S. The average molecular weight is 683 g/mol. The summed E-state index contributed by atoms with van der Waals surface area (Å²) in [5.41, 5.74) is 1.79. The maximum Gasteiger partial charge on any atom is 0.264 e. The molecule has 0 saturated heterocycles. The number of rotatable bonds is 12. The first kappa shape index (κ1) is 32.9. The predicted molar refractivity (Wildman–Crippen MR) is 169 cm³/mol. The van der Waals surface area contributed by atoms with E-state index in [1.807, 2.05) is 20.8 Å². The minimum Gasteiger partial charge on any atom is -0.352 e. The lowest BCUT2D eigenvalue weighted by Crippen LogP contribution is -2.53. The van der Waals surface area contributed by atoms with Gasteiger partial charge in [-0.2, -0.15) is 0 Å². The van der Waals surface area contributed by atoms with Gasteiger partial charge < -0.3 is 10.2 Å². The number of halogens is 3. The van der Waals surface area contributed by atoms with E-state index in [1.54, 1.807) is 61.5 Å². The highest BCUT2D eigenvalue weighted by molar-refractivity contribution is 9.10. The Morgan fingerprint density at radius 1 is 0.951 bits per heavy atom. The molecule has 41 heavy (non-hydrogen) atoms. The maximum absolute atomic E-state index is 14.1. The van der Waals surface area contributed by atoms with Crippen molar-refractivity contribution in [1.29, 1.82) is 0 Å². The monoisotopic (exact) mass is 681 g/mol. The van der Waals surface area contributed by atoms with Crippen molar-refractivity contribution in [1.82, 2.24) is 10.2 Å². The van der Waals surface area contributed by atoms with Gasteiger partial charge >= 0.3 is 0 Å². The van der Waals surface area contributed by atoms with E-state index in [2.05, 4.69) is 21.2 Å². The number of sulfonamides is 1. The molecule has 0 fully saturated rings. The fourth-order valence-electron chi connectivity index (χ4n) is 4.17. The smallest absolute Gasteiger partial charge is 0.264 e. The first-order valence-electron chi connectivity index (χ1n) is 13.3. The SMILES string of the molecule is CC[C@H](C)NC(=O)[C@H](CC)N(Cc1ccc(Cl)cc1Cl)C(=O)CN(c1ccc(Br)cc1)S(=O)(=O)c1ccc(C)cc1. The predicted octanol–water partition coefficient (Wildman–Crippen LogP) is 6.98. The molecule has 220 valence electrons. The van der Waals surface area contributed by atoms with Crippen molar-refractivity contribution >= 4 is 66.7 Å². The van der Waals surface area contributed by atoms with E-state index in [9.17, 15) is 18.0 Å². The molecule has 2 atom stereocenters. The number of benzene rings is 3. The van der Waals surface area contributed by atoms with Crippen LogP contribution in [0.1, 0.15) is 44.7 Å². The zero-order valence-electron chi connectivity index (χ0n) is 23.4. The Labute approximate surface area is 261 Å². The maximum atomic E-state index is 14.1. The van der Waals surface area contributed by atoms with Crippen LogP contribution in [0, 0.1) is 6.92 Å². The summed E-state index contributed by atoms with van der Waals surface area (Å²) in [4.78, 5) is 28.9. The third-order valence-corrected chi connectivity index (χ3v) is 9.65. The Morgan fingerprint density at radius 3 is 2.15 bits per heavy atom. The van der Waals surface area contributed by atoms with E-state index in [0.29, 0.717) is 34.1 Å². The van der Waals surface area contributed by atoms with Crippen molar-refractivity contribution in [2.75, 3.05) is 10.8 Å².